The molecule has 0 saturated heterocycles. The molecule has 15 heavy (non-hydrogen) atoms. The average molecular weight is 210 g/mol. The fourth-order valence-corrected chi connectivity index (χ4v) is 1.59. The Morgan fingerprint density at radius 3 is 2.67 bits per heavy atom. The summed E-state index contributed by atoms with van der Waals surface area (Å²) >= 11 is 0. The Hall–Kier alpha value is -1.71. The summed E-state index contributed by atoms with van der Waals surface area (Å²) in [6.07, 6.45) is 1.79. The van der Waals surface area contributed by atoms with Crippen molar-refractivity contribution in [2.24, 2.45) is 7.05 Å². The number of fused-ring (bicyclic) bond motifs is 1. The van der Waals surface area contributed by atoms with Gasteiger partial charge in [0, 0.05) is 6.07 Å². The quantitative estimate of drug-likeness (QED) is 0.693. The van der Waals surface area contributed by atoms with E-state index in [4.69, 9.17) is 0 Å². The van der Waals surface area contributed by atoms with Gasteiger partial charge in [-0.05, 0) is 18.2 Å². The molecule has 0 spiro atoms. The van der Waals surface area contributed by atoms with E-state index >= 15 is 0 Å². The molecule has 0 aliphatic carbocycles. The second kappa shape index (κ2) is 3.81. The Morgan fingerprint density at radius 2 is 1.93 bits per heavy atom. The van der Waals surface area contributed by atoms with Gasteiger partial charge in [0.25, 0.3) is 5.52 Å². The molecule has 0 aliphatic rings. The third kappa shape index (κ3) is 1.88. The first-order valence-corrected chi connectivity index (χ1v) is 4.50. The molecule has 0 fully saturated rings. The topological polar surface area (TPSA) is 13.1 Å². The van der Waals surface area contributed by atoms with Gasteiger partial charge in [0.1, 0.15) is 7.05 Å². The van der Waals surface area contributed by atoms with E-state index in [-0.39, 0.29) is 5.75 Å². The number of benzene rings is 1. The molecule has 0 radical (unpaired) electrons. The molecule has 2 aromatic rings. The highest BCUT2D eigenvalue weighted by Gasteiger charge is 2.14. The lowest BCUT2D eigenvalue weighted by atomic mass is 10.2. The highest BCUT2D eigenvalue weighted by Crippen LogP contribution is 2.23. The molecule has 0 atom stereocenters. The van der Waals surface area contributed by atoms with E-state index in [1.54, 1.807) is 23.9 Å². The fourth-order valence-electron chi connectivity index (χ4n) is 1.59. The molecule has 0 bridgehead atoms. The summed E-state index contributed by atoms with van der Waals surface area (Å²) in [5, 5.41) is 0.873. The van der Waals surface area contributed by atoms with E-state index in [1.807, 2.05) is 18.2 Å². The summed E-state index contributed by atoms with van der Waals surface area (Å²) in [4.78, 5) is 0. The molecular weight excluding hydrogens is 200 g/mol. The van der Waals surface area contributed by atoms with Crippen molar-refractivity contribution in [2.75, 3.05) is 0 Å². The normalized spacial score (nSPS) is 10.9. The zero-order chi connectivity index (χ0) is 10.8. The van der Waals surface area contributed by atoms with Crippen LogP contribution in [-0.4, -0.2) is 6.61 Å². The Bertz CT molecular complexity index is 480. The molecule has 2 rings (SSSR count). The van der Waals surface area contributed by atoms with Crippen LogP contribution in [0.25, 0.3) is 10.9 Å². The zero-order valence-electron chi connectivity index (χ0n) is 8.15. The molecule has 2 nitrogen and oxygen atoms in total. The van der Waals surface area contributed by atoms with Crippen molar-refractivity contribution < 1.29 is 18.1 Å². The summed E-state index contributed by atoms with van der Waals surface area (Å²) < 4.78 is 30.5. The van der Waals surface area contributed by atoms with Gasteiger partial charge >= 0.3 is 6.61 Å². The van der Waals surface area contributed by atoms with Gasteiger partial charge in [-0.1, -0.05) is 6.07 Å². The van der Waals surface area contributed by atoms with Crippen molar-refractivity contribution in [3.8, 4) is 5.75 Å². The molecule has 4 heteroatoms. The van der Waals surface area contributed by atoms with Gasteiger partial charge in [0.05, 0.1) is 5.39 Å². The smallest absolute Gasteiger partial charge is 0.387 e. The highest BCUT2D eigenvalue weighted by molar-refractivity contribution is 5.81. The summed E-state index contributed by atoms with van der Waals surface area (Å²) in [7, 11) is 1.79. The SMILES string of the molecule is C[n+]1cccc2cccc(OC(F)F)c21. The van der Waals surface area contributed by atoms with E-state index in [1.165, 1.54) is 6.07 Å². The van der Waals surface area contributed by atoms with Crippen LogP contribution in [-0.2, 0) is 7.05 Å². The number of pyridine rings is 1. The molecule has 0 saturated carbocycles. The van der Waals surface area contributed by atoms with Crippen LogP contribution in [0.15, 0.2) is 36.5 Å². The summed E-state index contributed by atoms with van der Waals surface area (Å²) in [6.45, 7) is -2.80. The molecule has 0 unspecified atom stereocenters. The van der Waals surface area contributed by atoms with Crippen molar-refractivity contribution >= 4 is 10.9 Å². The number of ether oxygens (including phenoxy) is 1. The van der Waals surface area contributed by atoms with Gasteiger partial charge in [-0.2, -0.15) is 13.3 Å². The van der Waals surface area contributed by atoms with Crippen LogP contribution in [0.2, 0.25) is 0 Å². The van der Waals surface area contributed by atoms with E-state index in [0.717, 1.165) is 5.39 Å². The Labute approximate surface area is 85.7 Å². The number of para-hydroxylation sites is 1. The van der Waals surface area contributed by atoms with Gasteiger partial charge in [0.2, 0.25) is 0 Å². The highest BCUT2D eigenvalue weighted by atomic mass is 19.3. The number of hydrogen-bond donors (Lipinski definition) is 0. The van der Waals surface area contributed by atoms with Gasteiger partial charge in [-0.3, -0.25) is 0 Å². The first-order valence-electron chi connectivity index (χ1n) is 4.50. The van der Waals surface area contributed by atoms with Crippen molar-refractivity contribution in [1.82, 2.24) is 0 Å². The standard InChI is InChI=1S/C11H10F2NO/c1-14-7-3-5-8-4-2-6-9(10(8)14)15-11(12)13/h2-7,11H,1H3/q+1. The minimum atomic E-state index is -2.80. The maximum absolute atomic E-state index is 12.1. The minimum Gasteiger partial charge on any atom is -0.428 e. The summed E-state index contributed by atoms with van der Waals surface area (Å²) in [5.41, 5.74) is 0.667. The van der Waals surface area contributed by atoms with E-state index in [2.05, 4.69) is 4.74 Å². The van der Waals surface area contributed by atoms with Crippen LogP contribution >= 0.6 is 0 Å². The molecule has 1 aromatic heterocycles. The number of halogens is 2. The molecule has 1 heterocycles. The number of nitrogens with zero attached hydrogens (tertiary/aromatic N) is 1. The van der Waals surface area contributed by atoms with Gasteiger partial charge < -0.3 is 4.74 Å². The lowest BCUT2D eigenvalue weighted by Gasteiger charge is -2.05. The van der Waals surface area contributed by atoms with Gasteiger partial charge in [-0.15, -0.1) is 0 Å². The molecule has 78 valence electrons. The van der Waals surface area contributed by atoms with Crippen molar-refractivity contribution in [3.05, 3.63) is 36.5 Å². The van der Waals surface area contributed by atoms with Crippen molar-refractivity contribution in [2.45, 2.75) is 6.61 Å². The van der Waals surface area contributed by atoms with Crippen molar-refractivity contribution in [1.29, 1.82) is 0 Å². The van der Waals surface area contributed by atoms with Crippen LogP contribution in [0.4, 0.5) is 8.78 Å². The summed E-state index contributed by atoms with van der Waals surface area (Å²) in [5.74, 6) is 0.200. The zero-order valence-corrected chi connectivity index (χ0v) is 8.15. The predicted molar refractivity (Wildman–Crippen MR) is 51.8 cm³/mol. The Balaban J connectivity index is 2.63. The maximum atomic E-state index is 12.1. The van der Waals surface area contributed by atoms with Crippen LogP contribution in [0, 0.1) is 0 Å². The van der Waals surface area contributed by atoms with Crippen molar-refractivity contribution in [3.63, 3.8) is 0 Å². The molecule has 1 aromatic carbocycles. The van der Waals surface area contributed by atoms with E-state index < -0.39 is 6.61 Å². The minimum absolute atomic E-state index is 0.200. The average Bonchev–Trinajstić information content (AvgIpc) is 2.17. The second-order valence-corrected chi connectivity index (χ2v) is 3.19. The third-order valence-electron chi connectivity index (χ3n) is 2.18. The lowest BCUT2D eigenvalue weighted by Crippen LogP contribution is -2.28. The van der Waals surface area contributed by atoms with E-state index in [0.29, 0.717) is 5.52 Å². The van der Waals surface area contributed by atoms with Gasteiger partial charge in [-0.25, -0.2) is 0 Å². The second-order valence-electron chi connectivity index (χ2n) is 3.19. The van der Waals surface area contributed by atoms with Crippen LogP contribution in [0.1, 0.15) is 0 Å². The first-order chi connectivity index (χ1) is 7.18. The molecule has 0 N–H and O–H groups in total. The number of alkyl halides is 2. The van der Waals surface area contributed by atoms with Crippen LogP contribution in [0.3, 0.4) is 0 Å². The fraction of sp³-hybridized carbons (Fsp3) is 0.182. The first kappa shape index (κ1) is 9.83. The number of rotatable bonds is 2. The molecular formula is C11H10F2NO+. The monoisotopic (exact) mass is 210 g/mol. The maximum Gasteiger partial charge on any atom is 0.387 e. The number of aromatic nitrogens is 1. The number of hydrogen-bond acceptors (Lipinski definition) is 1. The van der Waals surface area contributed by atoms with E-state index in [9.17, 15) is 8.78 Å². The predicted octanol–water partition coefficient (Wildman–Crippen LogP) is 2.27. The Kier molecular flexibility index (Phi) is 2.49. The van der Waals surface area contributed by atoms with Gasteiger partial charge in [0.15, 0.2) is 11.9 Å². The lowest BCUT2D eigenvalue weighted by molar-refractivity contribution is -0.645. The van der Waals surface area contributed by atoms with Crippen LogP contribution < -0.4 is 9.30 Å². The summed E-state index contributed by atoms with van der Waals surface area (Å²) in [6, 6.07) is 8.80. The largest absolute Gasteiger partial charge is 0.428 e. The third-order valence-corrected chi connectivity index (χ3v) is 2.18. The molecule has 0 amide bonds. The Morgan fingerprint density at radius 1 is 1.20 bits per heavy atom. The van der Waals surface area contributed by atoms with Crippen LogP contribution in [0.5, 0.6) is 5.75 Å². The number of aryl methyl sites for hydroxylation is 1. The molecule has 0 aliphatic heterocycles.